The second-order valence-corrected chi connectivity index (χ2v) is 5.14. The Morgan fingerprint density at radius 1 is 1.28 bits per heavy atom. The molecule has 0 unspecified atom stereocenters. The highest BCUT2D eigenvalue weighted by Crippen LogP contribution is 2.09. The van der Waals surface area contributed by atoms with Gasteiger partial charge in [0.15, 0.2) is 0 Å². The highest BCUT2D eigenvalue weighted by molar-refractivity contribution is 7.99. The van der Waals surface area contributed by atoms with Gasteiger partial charge in [0.25, 0.3) is 0 Å². The molecule has 0 heterocycles. The first-order chi connectivity index (χ1) is 8.58. The molecule has 0 aliphatic rings. The Morgan fingerprint density at radius 2 is 1.94 bits per heavy atom. The molecular formula is C12H14ClNO3S. The molecule has 18 heavy (non-hydrogen) atoms. The third-order valence-electron chi connectivity index (χ3n) is 2.10. The number of carbonyl (C=O) groups excluding carboxylic acids is 1. The van der Waals surface area contributed by atoms with Crippen LogP contribution in [0.25, 0.3) is 0 Å². The lowest BCUT2D eigenvalue weighted by Crippen LogP contribution is -2.24. The maximum atomic E-state index is 11.4. The molecule has 0 aromatic heterocycles. The number of halogens is 1. The van der Waals surface area contributed by atoms with E-state index in [0.29, 0.717) is 17.3 Å². The smallest absolute Gasteiger partial charge is 0.304 e. The molecule has 1 aromatic rings. The number of carboxylic acid groups (broad SMARTS) is 1. The van der Waals surface area contributed by atoms with Crippen molar-refractivity contribution >= 4 is 35.2 Å². The summed E-state index contributed by atoms with van der Waals surface area (Å²) in [6.45, 7) is 0.454. The standard InChI is InChI=1S/C12H14ClNO3S/c13-10-3-1-9(2-4-10)7-14-11(15)8-18-6-5-12(16)17/h1-4H,5-8H2,(H,14,15)(H,16,17). The number of carboxylic acids is 1. The molecular weight excluding hydrogens is 274 g/mol. The summed E-state index contributed by atoms with van der Waals surface area (Å²) >= 11 is 7.06. The van der Waals surface area contributed by atoms with Gasteiger partial charge in [0.2, 0.25) is 5.91 Å². The van der Waals surface area contributed by atoms with Crippen LogP contribution in [0.3, 0.4) is 0 Å². The number of nitrogens with one attached hydrogen (secondary N) is 1. The maximum Gasteiger partial charge on any atom is 0.304 e. The fraction of sp³-hybridized carbons (Fsp3) is 0.333. The van der Waals surface area contributed by atoms with Gasteiger partial charge in [-0.25, -0.2) is 0 Å². The van der Waals surface area contributed by atoms with Gasteiger partial charge in [0.05, 0.1) is 12.2 Å². The van der Waals surface area contributed by atoms with E-state index in [2.05, 4.69) is 5.32 Å². The molecule has 0 bridgehead atoms. The number of hydrogen-bond donors (Lipinski definition) is 2. The summed E-state index contributed by atoms with van der Waals surface area (Å²) in [5.74, 6) is -0.214. The average Bonchev–Trinajstić information content (AvgIpc) is 2.34. The number of amides is 1. The van der Waals surface area contributed by atoms with Crippen molar-refractivity contribution < 1.29 is 14.7 Å². The van der Waals surface area contributed by atoms with E-state index < -0.39 is 5.97 Å². The lowest BCUT2D eigenvalue weighted by Gasteiger charge is -2.05. The zero-order chi connectivity index (χ0) is 13.4. The molecule has 0 radical (unpaired) electrons. The number of thioether (sulfide) groups is 1. The molecule has 0 aliphatic carbocycles. The number of rotatable bonds is 7. The summed E-state index contributed by atoms with van der Waals surface area (Å²) in [6, 6.07) is 7.23. The molecule has 1 aromatic carbocycles. The van der Waals surface area contributed by atoms with Gasteiger partial charge >= 0.3 is 5.97 Å². The van der Waals surface area contributed by atoms with E-state index in [1.165, 1.54) is 11.8 Å². The van der Waals surface area contributed by atoms with E-state index in [1.54, 1.807) is 12.1 Å². The predicted molar refractivity (Wildman–Crippen MR) is 72.9 cm³/mol. The van der Waals surface area contributed by atoms with Crippen LogP contribution in [-0.4, -0.2) is 28.5 Å². The first-order valence-electron chi connectivity index (χ1n) is 5.38. The highest BCUT2D eigenvalue weighted by Gasteiger charge is 2.03. The van der Waals surface area contributed by atoms with E-state index in [4.69, 9.17) is 16.7 Å². The Hall–Kier alpha value is -1.20. The molecule has 2 N–H and O–H groups in total. The maximum absolute atomic E-state index is 11.4. The topological polar surface area (TPSA) is 66.4 Å². The fourth-order valence-electron chi connectivity index (χ4n) is 1.18. The SMILES string of the molecule is O=C(O)CCSCC(=O)NCc1ccc(Cl)cc1. The monoisotopic (exact) mass is 287 g/mol. The van der Waals surface area contributed by atoms with Crippen LogP contribution in [0.4, 0.5) is 0 Å². The molecule has 0 saturated heterocycles. The van der Waals surface area contributed by atoms with Crippen molar-refractivity contribution in [3.63, 3.8) is 0 Å². The van der Waals surface area contributed by atoms with Crippen LogP contribution in [0.2, 0.25) is 5.02 Å². The second kappa shape index (κ2) is 8.00. The lowest BCUT2D eigenvalue weighted by atomic mass is 10.2. The van der Waals surface area contributed by atoms with Gasteiger partial charge in [-0.2, -0.15) is 11.8 Å². The number of benzene rings is 1. The lowest BCUT2D eigenvalue weighted by molar-refractivity contribution is -0.136. The third kappa shape index (κ3) is 6.51. The number of aliphatic carboxylic acids is 1. The van der Waals surface area contributed by atoms with Gasteiger partial charge in [-0.3, -0.25) is 9.59 Å². The molecule has 0 fully saturated rings. The van der Waals surface area contributed by atoms with Crippen LogP contribution in [-0.2, 0) is 16.1 Å². The molecule has 6 heteroatoms. The van der Waals surface area contributed by atoms with Crippen molar-refractivity contribution in [2.45, 2.75) is 13.0 Å². The van der Waals surface area contributed by atoms with Crippen molar-refractivity contribution in [1.29, 1.82) is 0 Å². The van der Waals surface area contributed by atoms with Crippen LogP contribution in [0, 0.1) is 0 Å². The minimum atomic E-state index is -0.843. The van der Waals surface area contributed by atoms with E-state index in [9.17, 15) is 9.59 Å². The van der Waals surface area contributed by atoms with Crippen LogP contribution >= 0.6 is 23.4 Å². The van der Waals surface area contributed by atoms with Crippen LogP contribution in [0.5, 0.6) is 0 Å². The second-order valence-electron chi connectivity index (χ2n) is 3.60. The minimum absolute atomic E-state index is 0.0785. The number of hydrogen-bond acceptors (Lipinski definition) is 3. The fourth-order valence-corrected chi connectivity index (χ4v) is 2.06. The Morgan fingerprint density at radius 3 is 2.56 bits per heavy atom. The van der Waals surface area contributed by atoms with E-state index in [-0.39, 0.29) is 18.1 Å². The van der Waals surface area contributed by atoms with Crippen molar-refractivity contribution in [3.8, 4) is 0 Å². The van der Waals surface area contributed by atoms with Gasteiger partial charge < -0.3 is 10.4 Å². The molecule has 0 spiro atoms. The normalized spacial score (nSPS) is 10.1. The molecule has 98 valence electrons. The Kier molecular flexibility index (Phi) is 6.60. The van der Waals surface area contributed by atoms with Crippen molar-refractivity contribution in [3.05, 3.63) is 34.9 Å². The van der Waals surface area contributed by atoms with E-state index in [1.807, 2.05) is 12.1 Å². The summed E-state index contributed by atoms with van der Waals surface area (Å²) in [6.07, 6.45) is 0.0785. The first kappa shape index (κ1) is 14.9. The summed E-state index contributed by atoms with van der Waals surface area (Å²) in [5.41, 5.74) is 0.975. The average molecular weight is 288 g/mol. The van der Waals surface area contributed by atoms with E-state index >= 15 is 0 Å². The van der Waals surface area contributed by atoms with Crippen molar-refractivity contribution in [2.24, 2.45) is 0 Å². The van der Waals surface area contributed by atoms with Gasteiger partial charge in [-0.1, -0.05) is 23.7 Å². The Balaban J connectivity index is 2.17. The third-order valence-corrected chi connectivity index (χ3v) is 3.31. The largest absolute Gasteiger partial charge is 0.481 e. The molecule has 0 aliphatic heterocycles. The van der Waals surface area contributed by atoms with E-state index in [0.717, 1.165) is 5.56 Å². The zero-order valence-electron chi connectivity index (χ0n) is 9.69. The summed E-state index contributed by atoms with van der Waals surface area (Å²) < 4.78 is 0. The highest BCUT2D eigenvalue weighted by atomic mass is 35.5. The van der Waals surface area contributed by atoms with Crippen LogP contribution < -0.4 is 5.32 Å². The van der Waals surface area contributed by atoms with Crippen molar-refractivity contribution in [2.75, 3.05) is 11.5 Å². The van der Waals surface area contributed by atoms with Crippen LogP contribution in [0.15, 0.2) is 24.3 Å². The molecule has 0 atom stereocenters. The van der Waals surface area contributed by atoms with Crippen LogP contribution in [0.1, 0.15) is 12.0 Å². The predicted octanol–water partition coefficient (Wildman–Crippen LogP) is 2.16. The molecule has 4 nitrogen and oxygen atoms in total. The quantitative estimate of drug-likeness (QED) is 0.754. The van der Waals surface area contributed by atoms with Gasteiger partial charge in [-0.05, 0) is 17.7 Å². The zero-order valence-corrected chi connectivity index (χ0v) is 11.3. The Bertz CT molecular complexity index is 408. The Labute approximate surface area is 115 Å². The minimum Gasteiger partial charge on any atom is -0.481 e. The van der Waals surface area contributed by atoms with Gasteiger partial charge in [0, 0.05) is 17.3 Å². The summed E-state index contributed by atoms with van der Waals surface area (Å²) in [4.78, 5) is 21.7. The van der Waals surface area contributed by atoms with Gasteiger partial charge in [0.1, 0.15) is 0 Å². The van der Waals surface area contributed by atoms with Crippen molar-refractivity contribution in [1.82, 2.24) is 5.32 Å². The number of carbonyl (C=O) groups is 2. The summed E-state index contributed by atoms with van der Waals surface area (Å²) in [5, 5.41) is 11.8. The molecule has 1 amide bonds. The van der Waals surface area contributed by atoms with Gasteiger partial charge in [-0.15, -0.1) is 0 Å². The molecule has 0 saturated carbocycles. The summed E-state index contributed by atoms with van der Waals surface area (Å²) in [7, 11) is 0. The molecule has 1 rings (SSSR count). The first-order valence-corrected chi connectivity index (χ1v) is 6.92.